The fourth-order valence-electron chi connectivity index (χ4n) is 1.60. The molecular weight excluding hydrogens is 188 g/mol. The molecule has 3 heteroatoms. The third-order valence-electron chi connectivity index (χ3n) is 2.43. The first-order valence-electron chi connectivity index (χ1n) is 4.83. The van der Waals surface area contributed by atoms with Gasteiger partial charge in [-0.3, -0.25) is 0 Å². The lowest BCUT2D eigenvalue weighted by molar-refractivity contribution is 0.411. The molecule has 0 saturated heterocycles. The zero-order chi connectivity index (χ0) is 11.4. The van der Waals surface area contributed by atoms with Crippen molar-refractivity contribution in [2.45, 2.75) is 13.8 Å². The molecule has 0 aromatic heterocycles. The molecule has 1 rings (SSSR count). The zero-order valence-electron chi connectivity index (χ0n) is 9.66. The van der Waals surface area contributed by atoms with Crippen molar-refractivity contribution < 1.29 is 4.74 Å². The van der Waals surface area contributed by atoms with Crippen LogP contribution in [0.15, 0.2) is 12.1 Å². The van der Waals surface area contributed by atoms with E-state index in [1.807, 2.05) is 37.9 Å². The molecule has 0 aliphatic carbocycles. The summed E-state index contributed by atoms with van der Waals surface area (Å²) >= 11 is 0. The molecule has 1 aromatic rings. The lowest BCUT2D eigenvalue weighted by Crippen LogP contribution is -2.18. The summed E-state index contributed by atoms with van der Waals surface area (Å²) in [6.07, 6.45) is 0. The quantitative estimate of drug-likeness (QED) is 0.709. The van der Waals surface area contributed by atoms with Gasteiger partial charge in [0.1, 0.15) is 12.3 Å². The van der Waals surface area contributed by atoms with Crippen molar-refractivity contribution in [2.24, 2.45) is 0 Å². The Bertz CT molecular complexity index is 393. The Morgan fingerprint density at radius 2 is 2.00 bits per heavy atom. The molecule has 0 saturated carbocycles. The van der Waals surface area contributed by atoms with Crippen LogP contribution in [-0.2, 0) is 0 Å². The minimum atomic E-state index is 0.395. The number of hydrogen-bond acceptors (Lipinski definition) is 3. The van der Waals surface area contributed by atoms with Gasteiger partial charge < -0.3 is 9.64 Å². The van der Waals surface area contributed by atoms with Gasteiger partial charge in [0, 0.05) is 12.7 Å². The van der Waals surface area contributed by atoms with E-state index in [0.29, 0.717) is 6.54 Å². The maximum Gasteiger partial charge on any atom is 0.122 e. The summed E-state index contributed by atoms with van der Waals surface area (Å²) in [6, 6.07) is 6.18. The largest absolute Gasteiger partial charge is 0.496 e. The molecule has 80 valence electrons. The maximum atomic E-state index is 8.64. The van der Waals surface area contributed by atoms with Gasteiger partial charge >= 0.3 is 0 Å². The molecule has 0 fully saturated rings. The highest BCUT2D eigenvalue weighted by Crippen LogP contribution is 2.27. The molecule has 1 aromatic carbocycles. The van der Waals surface area contributed by atoms with Gasteiger partial charge in [0.2, 0.25) is 0 Å². The van der Waals surface area contributed by atoms with Crippen LogP contribution in [0.25, 0.3) is 0 Å². The van der Waals surface area contributed by atoms with Crippen LogP contribution < -0.4 is 9.64 Å². The van der Waals surface area contributed by atoms with Gasteiger partial charge in [0.25, 0.3) is 0 Å². The van der Waals surface area contributed by atoms with Gasteiger partial charge in [-0.1, -0.05) is 0 Å². The van der Waals surface area contributed by atoms with Crippen LogP contribution in [0.5, 0.6) is 5.75 Å². The van der Waals surface area contributed by atoms with Crippen LogP contribution >= 0.6 is 0 Å². The third kappa shape index (κ3) is 2.41. The highest BCUT2D eigenvalue weighted by molar-refractivity contribution is 5.58. The molecule has 0 radical (unpaired) electrons. The van der Waals surface area contributed by atoms with E-state index in [-0.39, 0.29) is 0 Å². The maximum absolute atomic E-state index is 8.64. The first-order chi connectivity index (χ1) is 7.10. The van der Waals surface area contributed by atoms with Gasteiger partial charge in [0.05, 0.1) is 13.2 Å². The highest BCUT2D eigenvalue weighted by atomic mass is 16.5. The van der Waals surface area contributed by atoms with Gasteiger partial charge in [-0.05, 0) is 37.1 Å². The number of benzene rings is 1. The molecule has 0 unspecified atom stereocenters. The van der Waals surface area contributed by atoms with E-state index in [9.17, 15) is 0 Å². The van der Waals surface area contributed by atoms with Crippen molar-refractivity contribution in [1.82, 2.24) is 0 Å². The predicted octanol–water partition coefficient (Wildman–Crippen LogP) is 2.27. The average molecular weight is 204 g/mol. The third-order valence-corrected chi connectivity index (χ3v) is 2.43. The highest BCUT2D eigenvalue weighted by Gasteiger charge is 2.08. The number of ether oxygens (including phenoxy) is 1. The van der Waals surface area contributed by atoms with E-state index in [1.165, 1.54) is 0 Å². The van der Waals surface area contributed by atoms with Crippen molar-refractivity contribution in [2.75, 3.05) is 25.6 Å². The van der Waals surface area contributed by atoms with Crippen LogP contribution in [0.1, 0.15) is 11.1 Å². The van der Waals surface area contributed by atoms with E-state index in [4.69, 9.17) is 10.00 Å². The first-order valence-corrected chi connectivity index (χ1v) is 4.83. The second-order valence-corrected chi connectivity index (χ2v) is 3.62. The minimum absolute atomic E-state index is 0.395. The molecule has 15 heavy (non-hydrogen) atoms. The number of nitrogens with zero attached hydrogens (tertiary/aromatic N) is 2. The van der Waals surface area contributed by atoms with Gasteiger partial charge in [-0.2, -0.15) is 5.26 Å². The molecule has 0 bridgehead atoms. The molecule has 3 nitrogen and oxygen atoms in total. The topological polar surface area (TPSA) is 36.3 Å². The molecule has 0 amide bonds. The molecule has 0 spiro atoms. The molecule has 0 heterocycles. The average Bonchev–Trinajstić information content (AvgIpc) is 2.21. The fraction of sp³-hybridized carbons (Fsp3) is 0.417. The molecule has 0 aliphatic heterocycles. The Kier molecular flexibility index (Phi) is 3.56. The van der Waals surface area contributed by atoms with Gasteiger partial charge in [0.15, 0.2) is 0 Å². The second kappa shape index (κ2) is 4.70. The Morgan fingerprint density at radius 1 is 1.33 bits per heavy atom. The summed E-state index contributed by atoms with van der Waals surface area (Å²) in [5.74, 6) is 0.890. The minimum Gasteiger partial charge on any atom is -0.496 e. The van der Waals surface area contributed by atoms with Crippen molar-refractivity contribution in [3.05, 3.63) is 23.3 Å². The van der Waals surface area contributed by atoms with Crippen LogP contribution in [0, 0.1) is 25.2 Å². The molecule has 0 aliphatic rings. The van der Waals surface area contributed by atoms with Gasteiger partial charge in [-0.25, -0.2) is 0 Å². The Morgan fingerprint density at radius 3 is 2.53 bits per heavy atom. The Labute approximate surface area is 90.9 Å². The monoisotopic (exact) mass is 204 g/mol. The van der Waals surface area contributed by atoms with Crippen LogP contribution in [0.3, 0.4) is 0 Å². The summed E-state index contributed by atoms with van der Waals surface area (Å²) in [5.41, 5.74) is 3.29. The van der Waals surface area contributed by atoms with E-state index in [1.54, 1.807) is 7.11 Å². The van der Waals surface area contributed by atoms with Gasteiger partial charge in [-0.15, -0.1) is 0 Å². The number of aryl methyl sites for hydroxylation is 2. The van der Waals surface area contributed by atoms with E-state index in [2.05, 4.69) is 6.07 Å². The first kappa shape index (κ1) is 11.4. The SMILES string of the molecule is COc1cc(C)c(N(C)CC#N)cc1C. The fourth-order valence-corrected chi connectivity index (χ4v) is 1.60. The zero-order valence-corrected chi connectivity index (χ0v) is 9.66. The number of anilines is 1. The van der Waals surface area contributed by atoms with Crippen molar-refractivity contribution in [3.63, 3.8) is 0 Å². The van der Waals surface area contributed by atoms with E-state index in [0.717, 1.165) is 22.6 Å². The summed E-state index contributed by atoms with van der Waals surface area (Å²) in [4.78, 5) is 1.93. The van der Waals surface area contributed by atoms with Crippen LogP contribution in [-0.4, -0.2) is 20.7 Å². The van der Waals surface area contributed by atoms with Crippen molar-refractivity contribution in [3.8, 4) is 11.8 Å². The molecular formula is C12H16N2O. The Balaban J connectivity index is 3.11. The summed E-state index contributed by atoms with van der Waals surface area (Å²) < 4.78 is 5.24. The van der Waals surface area contributed by atoms with E-state index < -0.39 is 0 Å². The summed E-state index contributed by atoms with van der Waals surface area (Å²) in [7, 11) is 3.58. The number of hydrogen-bond donors (Lipinski definition) is 0. The number of methoxy groups -OCH3 is 1. The predicted molar refractivity (Wildman–Crippen MR) is 61.4 cm³/mol. The standard InChI is InChI=1S/C12H16N2O/c1-9-8-12(15-4)10(2)7-11(9)14(3)6-5-13/h7-8H,6H2,1-4H3. The van der Waals surface area contributed by atoms with Crippen LogP contribution in [0.4, 0.5) is 5.69 Å². The Hall–Kier alpha value is -1.69. The van der Waals surface area contributed by atoms with E-state index >= 15 is 0 Å². The lowest BCUT2D eigenvalue weighted by Gasteiger charge is -2.19. The second-order valence-electron chi connectivity index (χ2n) is 3.62. The molecule has 0 N–H and O–H groups in total. The number of rotatable bonds is 3. The molecule has 0 atom stereocenters. The summed E-state index contributed by atoms with van der Waals surface area (Å²) in [6.45, 7) is 4.42. The van der Waals surface area contributed by atoms with Crippen molar-refractivity contribution in [1.29, 1.82) is 5.26 Å². The summed E-state index contributed by atoms with van der Waals surface area (Å²) in [5, 5.41) is 8.64. The lowest BCUT2D eigenvalue weighted by atomic mass is 10.1. The normalized spacial score (nSPS) is 9.53. The number of nitriles is 1. The van der Waals surface area contributed by atoms with Crippen molar-refractivity contribution >= 4 is 5.69 Å². The smallest absolute Gasteiger partial charge is 0.122 e. The van der Waals surface area contributed by atoms with Crippen LogP contribution in [0.2, 0.25) is 0 Å².